The first-order valence-corrected chi connectivity index (χ1v) is 11.2. The van der Waals surface area contributed by atoms with Gasteiger partial charge in [-0.3, -0.25) is 4.79 Å². The Bertz CT molecular complexity index is 1030. The van der Waals surface area contributed by atoms with E-state index in [1.165, 1.54) is 24.3 Å². The molecule has 5 nitrogen and oxygen atoms in total. The summed E-state index contributed by atoms with van der Waals surface area (Å²) in [5.74, 6) is 0.167. The van der Waals surface area contributed by atoms with Gasteiger partial charge in [0.2, 0.25) is 0 Å². The highest BCUT2D eigenvalue weighted by Crippen LogP contribution is 2.41. The monoisotopic (exact) mass is 457 g/mol. The second kappa shape index (κ2) is 8.79. The molecule has 8 heteroatoms. The van der Waals surface area contributed by atoms with Crippen molar-refractivity contribution < 1.29 is 23.1 Å². The molecule has 2 fully saturated rings. The molecule has 174 valence electrons. The van der Waals surface area contributed by atoms with Crippen molar-refractivity contribution in [3.8, 4) is 6.07 Å². The lowest BCUT2D eigenvalue weighted by molar-refractivity contribution is -0.258. The van der Waals surface area contributed by atoms with Crippen LogP contribution < -0.4 is 0 Å². The van der Waals surface area contributed by atoms with Gasteiger partial charge in [0.25, 0.3) is 5.91 Å². The number of halogens is 3. The molecule has 2 aliphatic rings. The topological polar surface area (TPSA) is 77.2 Å². The van der Waals surface area contributed by atoms with E-state index in [2.05, 4.69) is 4.98 Å². The Kier molecular flexibility index (Phi) is 6.19. The Balaban J connectivity index is 1.45. The number of carbonyl (C=O) groups is 1. The van der Waals surface area contributed by atoms with Gasteiger partial charge in [0.05, 0.1) is 0 Å². The minimum absolute atomic E-state index is 0.0885. The second-order valence-electron chi connectivity index (χ2n) is 9.18. The predicted molar refractivity (Wildman–Crippen MR) is 115 cm³/mol. The third-order valence-corrected chi connectivity index (χ3v) is 6.88. The van der Waals surface area contributed by atoms with Gasteiger partial charge in [-0.1, -0.05) is 18.2 Å². The molecule has 33 heavy (non-hydrogen) atoms. The highest BCUT2D eigenvalue weighted by molar-refractivity contribution is 5.95. The molecule has 0 aliphatic heterocycles. The zero-order valence-corrected chi connectivity index (χ0v) is 18.3. The summed E-state index contributed by atoms with van der Waals surface area (Å²) in [4.78, 5) is 19.4. The zero-order valence-electron chi connectivity index (χ0n) is 18.3. The number of hydrogen-bond donors (Lipinski definition) is 1. The summed E-state index contributed by atoms with van der Waals surface area (Å²) in [6.45, 7) is 0.710. The fraction of sp³-hybridized carbons (Fsp3) is 0.480. The van der Waals surface area contributed by atoms with Crippen LogP contribution in [0.3, 0.4) is 0 Å². The molecular formula is C25H26F3N3O2. The minimum atomic E-state index is -4.80. The van der Waals surface area contributed by atoms with E-state index in [0.29, 0.717) is 24.1 Å². The van der Waals surface area contributed by atoms with Crippen LogP contribution in [0.2, 0.25) is 0 Å². The maximum absolute atomic E-state index is 13.3. The number of nitriles is 1. The number of amides is 1. The molecule has 1 heterocycles. The van der Waals surface area contributed by atoms with Crippen LogP contribution in [0.5, 0.6) is 0 Å². The lowest BCUT2D eigenvalue weighted by atomic mass is 9.81. The molecule has 1 N–H and O–H groups in total. The van der Waals surface area contributed by atoms with E-state index in [0.717, 1.165) is 44.1 Å². The first-order chi connectivity index (χ1) is 15.6. The minimum Gasteiger partial charge on any atom is -0.376 e. The molecule has 2 aliphatic carbocycles. The maximum atomic E-state index is 13.3. The van der Waals surface area contributed by atoms with Crippen LogP contribution in [0.25, 0.3) is 0 Å². The molecule has 1 atom stereocenters. The average molecular weight is 457 g/mol. The first-order valence-electron chi connectivity index (χ1n) is 11.2. The van der Waals surface area contributed by atoms with Gasteiger partial charge in [-0.15, -0.1) is 0 Å². The van der Waals surface area contributed by atoms with Crippen LogP contribution in [-0.2, 0) is 5.60 Å². The molecular weight excluding hydrogens is 431 g/mol. The van der Waals surface area contributed by atoms with Crippen molar-refractivity contribution in [1.82, 2.24) is 9.88 Å². The van der Waals surface area contributed by atoms with Gasteiger partial charge in [-0.25, -0.2) is 4.98 Å². The van der Waals surface area contributed by atoms with Crippen molar-refractivity contribution in [3.05, 3.63) is 65.0 Å². The van der Waals surface area contributed by atoms with E-state index in [1.54, 1.807) is 12.3 Å². The van der Waals surface area contributed by atoms with Crippen LogP contribution in [0.1, 0.15) is 78.5 Å². The van der Waals surface area contributed by atoms with Crippen LogP contribution in [-0.4, -0.2) is 39.2 Å². The largest absolute Gasteiger partial charge is 0.421 e. The van der Waals surface area contributed by atoms with E-state index in [1.807, 2.05) is 17.0 Å². The predicted octanol–water partition coefficient (Wildman–Crippen LogP) is 5.05. The molecule has 1 aromatic carbocycles. The zero-order chi connectivity index (χ0) is 23.8. The summed E-state index contributed by atoms with van der Waals surface area (Å²) in [6, 6.07) is 11.1. The fourth-order valence-electron chi connectivity index (χ4n) is 4.63. The van der Waals surface area contributed by atoms with Gasteiger partial charge in [0.1, 0.15) is 11.8 Å². The van der Waals surface area contributed by atoms with Crippen LogP contribution in [0, 0.1) is 11.3 Å². The SMILES string of the molecule is C[C@](O)(c1ccc(C(=O)N(C2CCC(c3ccc(C#N)nc3)CC2)C2CC2)cc1)C(F)(F)F. The van der Waals surface area contributed by atoms with Crippen LogP contribution in [0.15, 0.2) is 42.6 Å². The van der Waals surface area contributed by atoms with E-state index >= 15 is 0 Å². The van der Waals surface area contributed by atoms with E-state index in [-0.39, 0.29) is 23.6 Å². The number of nitrogens with zero attached hydrogens (tertiary/aromatic N) is 3. The second-order valence-corrected chi connectivity index (χ2v) is 9.18. The number of rotatable bonds is 5. The number of aromatic nitrogens is 1. The molecule has 1 amide bonds. The number of hydrogen-bond acceptors (Lipinski definition) is 4. The Morgan fingerprint density at radius 1 is 1.03 bits per heavy atom. The third-order valence-electron chi connectivity index (χ3n) is 6.88. The fourth-order valence-corrected chi connectivity index (χ4v) is 4.63. The van der Waals surface area contributed by atoms with Gasteiger partial charge in [-0.2, -0.15) is 18.4 Å². The smallest absolute Gasteiger partial charge is 0.376 e. The Hall–Kier alpha value is -2.92. The Labute approximate surface area is 190 Å². The average Bonchev–Trinajstić information content (AvgIpc) is 3.64. The number of alkyl halides is 3. The van der Waals surface area contributed by atoms with Crippen molar-refractivity contribution in [2.45, 2.75) is 75.2 Å². The van der Waals surface area contributed by atoms with Gasteiger partial charge >= 0.3 is 6.18 Å². The van der Waals surface area contributed by atoms with Crippen LogP contribution >= 0.6 is 0 Å². The summed E-state index contributed by atoms with van der Waals surface area (Å²) >= 11 is 0. The molecule has 4 rings (SSSR count). The Morgan fingerprint density at radius 2 is 1.61 bits per heavy atom. The summed E-state index contributed by atoms with van der Waals surface area (Å²) in [7, 11) is 0. The van der Waals surface area contributed by atoms with Crippen molar-refractivity contribution in [2.75, 3.05) is 0 Å². The van der Waals surface area contributed by atoms with Crippen molar-refractivity contribution in [1.29, 1.82) is 5.26 Å². The summed E-state index contributed by atoms with van der Waals surface area (Å²) in [6.07, 6.45) is 2.32. The van der Waals surface area contributed by atoms with Crippen LogP contribution in [0.4, 0.5) is 13.2 Å². The number of pyridine rings is 1. The summed E-state index contributed by atoms with van der Waals surface area (Å²) in [5.41, 5.74) is -1.43. The van der Waals surface area contributed by atoms with Gasteiger partial charge in [0, 0.05) is 23.8 Å². The summed E-state index contributed by atoms with van der Waals surface area (Å²) in [5, 5.41) is 18.8. The lowest BCUT2D eigenvalue weighted by Crippen LogP contribution is -2.44. The van der Waals surface area contributed by atoms with Gasteiger partial charge in [-0.05, 0) is 80.7 Å². The van der Waals surface area contributed by atoms with Crippen molar-refractivity contribution in [3.63, 3.8) is 0 Å². The van der Waals surface area contributed by atoms with Crippen molar-refractivity contribution in [2.24, 2.45) is 0 Å². The van der Waals surface area contributed by atoms with Crippen molar-refractivity contribution >= 4 is 5.91 Å². The molecule has 0 bridgehead atoms. The van der Waals surface area contributed by atoms with E-state index in [4.69, 9.17) is 5.26 Å². The molecule has 0 radical (unpaired) electrons. The van der Waals surface area contributed by atoms with Gasteiger partial charge in [0.15, 0.2) is 5.60 Å². The highest BCUT2D eigenvalue weighted by Gasteiger charge is 2.51. The quantitative estimate of drug-likeness (QED) is 0.681. The molecule has 1 aromatic heterocycles. The first kappa shape index (κ1) is 23.2. The van der Waals surface area contributed by atoms with E-state index < -0.39 is 11.8 Å². The summed E-state index contributed by atoms with van der Waals surface area (Å²) < 4.78 is 39.3. The molecule has 2 saturated carbocycles. The molecule has 0 saturated heterocycles. The number of carbonyl (C=O) groups excluding carboxylic acids is 1. The number of aliphatic hydroxyl groups is 1. The normalized spacial score (nSPS) is 22.8. The Morgan fingerprint density at radius 3 is 2.06 bits per heavy atom. The molecule has 0 spiro atoms. The van der Waals surface area contributed by atoms with E-state index in [9.17, 15) is 23.1 Å². The molecule has 0 unspecified atom stereocenters. The number of benzene rings is 1. The molecule has 2 aromatic rings. The highest BCUT2D eigenvalue weighted by atomic mass is 19.4. The standard InChI is InChI=1S/C25H26F3N3O2/c1-24(33,25(26,27)28)19-7-2-17(3-8-19)23(32)31(22-12-13-22)21-10-5-16(6-11-21)18-4-9-20(14-29)30-15-18/h2-4,7-9,15-16,21-22,33H,5-6,10-13H2,1H3/t16?,21?,24-/m0/s1. The maximum Gasteiger partial charge on any atom is 0.421 e. The lowest BCUT2D eigenvalue weighted by Gasteiger charge is -2.37. The van der Waals surface area contributed by atoms with Gasteiger partial charge < -0.3 is 10.0 Å². The third kappa shape index (κ3) is 4.74.